The summed E-state index contributed by atoms with van der Waals surface area (Å²) in [7, 11) is 0. The van der Waals surface area contributed by atoms with E-state index in [1.54, 1.807) is 24.5 Å². The van der Waals surface area contributed by atoms with Crippen molar-refractivity contribution >= 4 is 22.7 Å². The topological polar surface area (TPSA) is 176 Å². The zero-order valence-corrected chi connectivity index (χ0v) is 20.8. The maximum absolute atomic E-state index is 11.9. The fourth-order valence-corrected chi connectivity index (χ4v) is 3.67. The molecule has 0 amide bonds. The number of nitro benzene ring substituents is 4. The predicted octanol–water partition coefficient (Wildman–Crippen LogP) is 1.55. The molecule has 0 aliphatic rings. The molecule has 0 fully saturated rings. The van der Waals surface area contributed by atoms with Gasteiger partial charge >= 0.3 is 0 Å². The van der Waals surface area contributed by atoms with Crippen molar-refractivity contribution in [1.29, 1.82) is 0 Å². The second-order valence-electron chi connectivity index (χ2n) is 8.70. The van der Waals surface area contributed by atoms with E-state index in [0.717, 1.165) is 42.0 Å². The third-order valence-electron chi connectivity index (χ3n) is 5.45. The molecular formula is C22H20BrN5O8. The van der Waals surface area contributed by atoms with Crippen LogP contribution in [0.3, 0.4) is 0 Å². The number of hydrogen-bond acceptors (Lipinski definition) is 8. The second-order valence-corrected chi connectivity index (χ2v) is 8.70. The first-order valence-corrected chi connectivity index (χ1v) is 10.2. The van der Waals surface area contributed by atoms with E-state index in [4.69, 9.17) is 0 Å². The van der Waals surface area contributed by atoms with Gasteiger partial charge in [-0.05, 0) is 23.1 Å². The molecule has 0 radical (unpaired) electrons. The van der Waals surface area contributed by atoms with E-state index < -0.39 is 48.5 Å². The molecule has 0 saturated carbocycles. The number of rotatable bonds is 7. The van der Waals surface area contributed by atoms with Crippen LogP contribution in [0, 0.1) is 40.5 Å². The van der Waals surface area contributed by atoms with Gasteiger partial charge in [-0.25, -0.2) is 0 Å². The Morgan fingerprint density at radius 3 is 1.36 bits per heavy atom. The van der Waals surface area contributed by atoms with Crippen LogP contribution >= 0.6 is 0 Å². The van der Waals surface area contributed by atoms with Crippen molar-refractivity contribution in [1.82, 2.24) is 0 Å². The van der Waals surface area contributed by atoms with E-state index in [2.05, 4.69) is 0 Å². The number of aromatic nitrogens is 1. The lowest BCUT2D eigenvalue weighted by molar-refractivity contribution is -0.705. The molecule has 0 aliphatic carbocycles. The summed E-state index contributed by atoms with van der Waals surface area (Å²) in [4.78, 5) is 42.9. The third-order valence-corrected chi connectivity index (χ3v) is 5.45. The zero-order valence-electron chi connectivity index (χ0n) is 19.2. The number of pyridine rings is 1. The smallest absolute Gasteiger partial charge is 0.286 e. The summed E-state index contributed by atoms with van der Waals surface area (Å²) in [6, 6.07) is 8.34. The van der Waals surface area contributed by atoms with Gasteiger partial charge in [0.15, 0.2) is 12.4 Å². The lowest BCUT2D eigenvalue weighted by atomic mass is 9.87. The summed E-state index contributed by atoms with van der Waals surface area (Å²) >= 11 is 0. The molecule has 0 aliphatic heterocycles. The SMILES string of the molecule is CC(C)(C)c1cc[n+](C(c2ccc([N+](=O)[O-])cc2[N+](=O)[O-])c2ccc([N+](=O)[O-])cc2[N+](=O)[O-])cc1.[Br-]. The summed E-state index contributed by atoms with van der Waals surface area (Å²) in [6.07, 6.45) is 3.17. The van der Waals surface area contributed by atoms with Crippen LogP contribution in [0.15, 0.2) is 60.9 Å². The quantitative estimate of drug-likeness (QED) is 0.237. The Hall–Kier alpha value is -4.33. The number of nitrogens with zero attached hydrogens (tertiary/aromatic N) is 5. The van der Waals surface area contributed by atoms with Crippen molar-refractivity contribution < 1.29 is 41.2 Å². The zero-order chi connectivity index (χ0) is 26.1. The maximum atomic E-state index is 11.9. The van der Waals surface area contributed by atoms with E-state index >= 15 is 0 Å². The summed E-state index contributed by atoms with van der Waals surface area (Å²) < 4.78 is 1.48. The minimum atomic E-state index is -1.19. The molecule has 0 unspecified atom stereocenters. The number of nitro groups is 4. The van der Waals surface area contributed by atoms with Crippen LogP contribution in [0.1, 0.15) is 43.5 Å². The molecule has 3 aromatic rings. The van der Waals surface area contributed by atoms with Crippen molar-refractivity contribution in [3.63, 3.8) is 0 Å². The van der Waals surface area contributed by atoms with Crippen molar-refractivity contribution in [2.75, 3.05) is 0 Å². The molecule has 188 valence electrons. The lowest BCUT2D eigenvalue weighted by Crippen LogP contribution is -3.00. The van der Waals surface area contributed by atoms with E-state index in [0.29, 0.717) is 0 Å². The first-order chi connectivity index (χ1) is 16.3. The molecule has 13 nitrogen and oxygen atoms in total. The molecule has 3 rings (SSSR count). The highest BCUT2D eigenvalue weighted by Crippen LogP contribution is 2.37. The molecule has 0 atom stereocenters. The van der Waals surface area contributed by atoms with Gasteiger partial charge in [0.2, 0.25) is 6.04 Å². The first-order valence-electron chi connectivity index (χ1n) is 10.2. The molecule has 1 aromatic heterocycles. The van der Waals surface area contributed by atoms with Crippen LogP contribution in [0.5, 0.6) is 0 Å². The number of hydrogen-bond donors (Lipinski definition) is 0. The Kier molecular flexibility index (Phi) is 8.15. The number of benzene rings is 2. The van der Waals surface area contributed by atoms with Gasteiger partial charge in [0.1, 0.15) is 11.1 Å². The average Bonchev–Trinajstić information content (AvgIpc) is 2.78. The minimum Gasteiger partial charge on any atom is -1.00 e. The van der Waals surface area contributed by atoms with Gasteiger partial charge in [0.25, 0.3) is 22.7 Å². The molecule has 0 spiro atoms. The summed E-state index contributed by atoms with van der Waals surface area (Å²) in [6.45, 7) is 5.94. The Balaban J connectivity index is 0.00000456. The summed E-state index contributed by atoms with van der Waals surface area (Å²) in [5.74, 6) is 0. The molecule has 2 aromatic carbocycles. The Morgan fingerprint density at radius 2 is 1.06 bits per heavy atom. The monoisotopic (exact) mass is 561 g/mol. The standard InChI is InChI=1S/C22H20N5O8.BrH/c1-22(2,3)14-8-10-23(11-9-14)21(17-6-4-15(24(28)29)12-19(17)26(32)33)18-7-5-16(25(30)31)13-20(18)27(34)35;/h4-13,21H,1-3H3;1H/q+1;/p-1. The predicted molar refractivity (Wildman–Crippen MR) is 122 cm³/mol. The van der Waals surface area contributed by atoms with Gasteiger partial charge in [-0.15, -0.1) is 0 Å². The Morgan fingerprint density at radius 1 is 0.667 bits per heavy atom. The minimum absolute atomic E-state index is 0. The van der Waals surface area contributed by atoms with Crippen molar-refractivity contribution in [3.05, 3.63) is 118 Å². The molecule has 1 heterocycles. The van der Waals surface area contributed by atoms with Gasteiger partial charge in [-0.2, -0.15) is 4.57 Å². The number of halogens is 1. The van der Waals surface area contributed by atoms with Gasteiger partial charge in [0.05, 0.1) is 31.8 Å². The molecular weight excluding hydrogens is 542 g/mol. The van der Waals surface area contributed by atoms with Crippen molar-refractivity contribution in [2.24, 2.45) is 0 Å². The normalized spacial score (nSPS) is 11.0. The van der Waals surface area contributed by atoms with Gasteiger partial charge in [0, 0.05) is 24.3 Å². The summed E-state index contributed by atoms with van der Waals surface area (Å²) in [5, 5.41) is 46.1. The van der Waals surface area contributed by atoms with Crippen LogP contribution in [0.2, 0.25) is 0 Å². The fourth-order valence-electron chi connectivity index (χ4n) is 3.67. The average molecular weight is 562 g/mol. The molecule has 36 heavy (non-hydrogen) atoms. The van der Waals surface area contributed by atoms with E-state index in [1.165, 1.54) is 4.57 Å². The number of non-ortho nitro benzene ring substituents is 2. The van der Waals surface area contributed by atoms with Crippen LogP contribution in [-0.4, -0.2) is 19.7 Å². The van der Waals surface area contributed by atoms with E-state index in [9.17, 15) is 40.5 Å². The van der Waals surface area contributed by atoms with Gasteiger partial charge < -0.3 is 17.0 Å². The highest BCUT2D eigenvalue weighted by Gasteiger charge is 2.38. The van der Waals surface area contributed by atoms with E-state index in [1.807, 2.05) is 20.8 Å². The van der Waals surface area contributed by atoms with Gasteiger partial charge in [-0.1, -0.05) is 20.8 Å². The maximum Gasteiger partial charge on any atom is 0.286 e. The van der Waals surface area contributed by atoms with Crippen LogP contribution in [-0.2, 0) is 5.41 Å². The van der Waals surface area contributed by atoms with Crippen LogP contribution in [0.4, 0.5) is 22.7 Å². The Bertz CT molecular complexity index is 1280. The van der Waals surface area contributed by atoms with Crippen molar-refractivity contribution in [2.45, 2.75) is 32.2 Å². The fraction of sp³-hybridized carbons (Fsp3) is 0.227. The molecule has 0 N–H and O–H groups in total. The largest absolute Gasteiger partial charge is 1.00 e. The molecule has 14 heteroatoms. The third kappa shape index (κ3) is 5.66. The highest BCUT2D eigenvalue weighted by atomic mass is 79.9. The Labute approximate surface area is 214 Å². The van der Waals surface area contributed by atoms with E-state index in [-0.39, 0.29) is 33.5 Å². The van der Waals surface area contributed by atoms with Gasteiger partial charge in [-0.3, -0.25) is 40.5 Å². The second kappa shape index (κ2) is 10.5. The van der Waals surface area contributed by atoms with Crippen LogP contribution in [0.25, 0.3) is 0 Å². The highest BCUT2D eigenvalue weighted by molar-refractivity contribution is 5.57. The van der Waals surface area contributed by atoms with Crippen LogP contribution < -0.4 is 21.5 Å². The summed E-state index contributed by atoms with van der Waals surface area (Å²) in [5.41, 5.74) is -1.72. The molecule has 0 saturated heterocycles. The first kappa shape index (κ1) is 27.9. The lowest BCUT2D eigenvalue weighted by Gasteiger charge is -2.19. The molecule has 0 bridgehead atoms. The van der Waals surface area contributed by atoms with Crippen molar-refractivity contribution in [3.8, 4) is 0 Å².